The summed E-state index contributed by atoms with van der Waals surface area (Å²) < 4.78 is 1.50. The van der Waals surface area contributed by atoms with E-state index < -0.39 is 0 Å². The van der Waals surface area contributed by atoms with Gasteiger partial charge in [-0.1, -0.05) is 72.4 Å². The number of nitrogens with zero attached hydrogens (tertiary/aromatic N) is 4. The number of rotatable bonds is 5. The predicted octanol–water partition coefficient (Wildman–Crippen LogP) is 3.81. The number of thioether (sulfide) groups is 1. The van der Waals surface area contributed by atoms with Gasteiger partial charge in [-0.15, -0.1) is 10.2 Å². The maximum atomic E-state index is 13.0. The molecule has 0 radical (unpaired) electrons. The summed E-state index contributed by atoms with van der Waals surface area (Å²) in [7, 11) is 0. The van der Waals surface area contributed by atoms with Crippen LogP contribution in [0.5, 0.6) is 0 Å². The molecule has 31 heavy (non-hydrogen) atoms. The second kappa shape index (κ2) is 8.07. The van der Waals surface area contributed by atoms with Crippen LogP contribution in [0.25, 0.3) is 10.8 Å². The second-order valence-corrected chi connectivity index (χ2v) is 8.76. The van der Waals surface area contributed by atoms with Gasteiger partial charge in [-0.3, -0.25) is 4.79 Å². The van der Waals surface area contributed by atoms with Crippen LogP contribution in [0.15, 0.2) is 71.9 Å². The van der Waals surface area contributed by atoms with Gasteiger partial charge in [0.1, 0.15) is 0 Å². The van der Waals surface area contributed by atoms with E-state index in [2.05, 4.69) is 47.5 Å². The fraction of sp³-hybridized carbons (Fsp3) is 0.208. The lowest BCUT2D eigenvalue weighted by Crippen LogP contribution is -2.37. The van der Waals surface area contributed by atoms with Gasteiger partial charge in [0.15, 0.2) is 5.82 Å². The molecular formula is C24H23N5OS. The van der Waals surface area contributed by atoms with E-state index in [-0.39, 0.29) is 17.7 Å². The Morgan fingerprint density at radius 2 is 1.84 bits per heavy atom. The number of amides is 1. The molecule has 0 fully saturated rings. The van der Waals surface area contributed by atoms with E-state index in [1.54, 1.807) is 0 Å². The Balaban J connectivity index is 1.30. The van der Waals surface area contributed by atoms with Crippen LogP contribution in [-0.2, 0) is 17.6 Å². The van der Waals surface area contributed by atoms with Gasteiger partial charge in [-0.05, 0) is 41.3 Å². The Bertz CT molecular complexity index is 1260. The van der Waals surface area contributed by atoms with Crippen molar-refractivity contribution in [2.45, 2.75) is 31.0 Å². The van der Waals surface area contributed by atoms with E-state index in [0.29, 0.717) is 17.4 Å². The zero-order valence-corrected chi connectivity index (χ0v) is 18.0. The number of carbonyl (C=O) groups is 1. The molecule has 0 aliphatic carbocycles. The van der Waals surface area contributed by atoms with Crippen LogP contribution in [0.2, 0.25) is 0 Å². The fourth-order valence-corrected chi connectivity index (χ4v) is 5.02. The smallest absolute Gasteiger partial charge is 0.237 e. The number of benzene rings is 3. The third-order valence-corrected chi connectivity index (χ3v) is 6.69. The monoisotopic (exact) mass is 429 g/mol. The van der Waals surface area contributed by atoms with Crippen LogP contribution in [0.1, 0.15) is 23.9 Å². The Kier molecular flexibility index (Phi) is 5.11. The van der Waals surface area contributed by atoms with Gasteiger partial charge < -0.3 is 10.7 Å². The van der Waals surface area contributed by atoms with Gasteiger partial charge in [-0.25, -0.2) is 4.68 Å². The van der Waals surface area contributed by atoms with Crippen LogP contribution in [0, 0.1) is 0 Å². The molecule has 6 nitrogen and oxygen atoms in total. The number of para-hydroxylation sites is 1. The fourth-order valence-electron chi connectivity index (χ4n) is 4.28. The summed E-state index contributed by atoms with van der Waals surface area (Å²) in [6, 6.07) is 22.7. The summed E-state index contributed by atoms with van der Waals surface area (Å²) in [6.45, 7) is 2.08. The van der Waals surface area contributed by atoms with E-state index in [9.17, 15) is 4.79 Å². The highest BCUT2D eigenvalue weighted by molar-refractivity contribution is 7.99. The first-order valence-corrected chi connectivity index (χ1v) is 11.3. The standard InChI is InChI=1S/C24H23N5OS/c1-16-13-19-8-3-5-12-21(19)28(16)23(30)15-31-24-27-26-22(29(24)25)14-18-10-6-9-17-7-2-4-11-20(17)18/h2-12,16H,13-15,25H2,1H3/t16-/m0/s1. The average molecular weight is 430 g/mol. The molecule has 1 aliphatic heterocycles. The topological polar surface area (TPSA) is 77.0 Å². The van der Waals surface area contributed by atoms with Gasteiger partial charge >= 0.3 is 0 Å². The van der Waals surface area contributed by atoms with E-state index in [4.69, 9.17) is 5.84 Å². The molecule has 3 aromatic carbocycles. The Labute approximate surface area is 185 Å². The molecule has 1 aliphatic rings. The molecule has 0 spiro atoms. The van der Waals surface area contributed by atoms with Gasteiger partial charge in [0.25, 0.3) is 0 Å². The van der Waals surface area contributed by atoms with Crippen molar-refractivity contribution in [3.63, 3.8) is 0 Å². The summed E-state index contributed by atoms with van der Waals surface area (Å²) in [4.78, 5) is 14.8. The van der Waals surface area contributed by atoms with E-state index >= 15 is 0 Å². The molecule has 1 atom stereocenters. The number of anilines is 1. The average Bonchev–Trinajstić information content (AvgIpc) is 3.31. The molecule has 4 aromatic rings. The zero-order valence-electron chi connectivity index (χ0n) is 17.2. The summed E-state index contributed by atoms with van der Waals surface area (Å²) in [5.74, 6) is 7.28. The number of aromatic nitrogens is 3. The van der Waals surface area contributed by atoms with E-state index in [0.717, 1.165) is 17.7 Å². The number of hydrogen-bond acceptors (Lipinski definition) is 5. The van der Waals surface area contributed by atoms with Crippen molar-refractivity contribution in [3.05, 3.63) is 83.7 Å². The first-order chi connectivity index (χ1) is 15.1. The number of fused-ring (bicyclic) bond motifs is 2. The third-order valence-electron chi connectivity index (χ3n) is 5.76. The van der Waals surface area contributed by atoms with Gasteiger partial charge in [0, 0.05) is 18.2 Å². The van der Waals surface area contributed by atoms with Crippen molar-refractivity contribution in [2.24, 2.45) is 0 Å². The molecule has 1 aromatic heterocycles. The summed E-state index contributed by atoms with van der Waals surface area (Å²) in [5, 5.41) is 11.4. The Morgan fingerprint density at radius 3 is 2.74 bits per heavy atom. The van der Waals surface area contributed by atoms with Crippen molar-refractivity contribution in [3.8, 4) is 0 Å². The minimum atomic E-state index is 0.0565. The van der Waals surface area contributed by atoms with Crippen molar-refractivity contribution in [2.75, 3.05) is 16.5 Å². The minimum absolute atomic E-state index is 0.0565. The van der Waals surface area contributed by atoms with Gasteiger partial charge in [-0.2, -0.15) is 0 Å². The highest BCUT2D eigenvalue weighted by Crippen LogP contribution is 2.32. The zero-order chi connectivity index (χ0) is 21.4. The molecule has 0 saturated heterocycles. The summed E-state index contributed by atoms with van der Waals surface area (Å²) in [6.07, 6.45) is 1.46. The Morgan fingerprint density at radius 1 is 1.06 bits per heavy atom. The predicted molar refractivity (Wildman–Crippen MR) is 125 cm³/mol. The quantitative estimate of drug-likeness (QED) is 0.386. The molecule has 1 amide bonds. The van der Waals surface area contributed by atoms with Crippen LogP contribution in [0.3, 0.4) is 0 Å². The van der Waals surface area contributed by atoms with Crippen LogP contribution in [0.4, 0.5) is 5.69 Å². The normalized spacial score (nSPS) is 15.4. The molecule has 5 rings (SSSR count). The van der Waals surface area contributed by atoms with E-state index in [1.165, 1.54) is 32.8 Å². The maximum Gasteiger partial charge on any atom is 0.237 e. The van der Waals surface area contributed by atoms with Crippen LogP contribution >= 0.6 is 11.8 Å². The highest BCUT2D eigenvalue weighted by Gasteiger charge is 2.30. The number of nitrogen functional groups attached to an aromatic ring is 1. The Hall–Kier alpha value is -3.32. The second-order valence-electron chi connectivity index (χ2n) is 7.82. The first-order valence-electron chi connectivity index (χ1n) is 10.3. The molecule has 0 saturated carbocycles. The number of hydrogen-bond donors (Lipinski definition) is 1. The number of nitrogens with two attached hydrogens (primary N) is 1. The minimum Gasteiger partial charge on any atom is -0.336 e. The first kappa shape index (κ1) is 19.6. The molecule has 2 heterocycles. The molecule has 0 unspecified atom stereocenters. The van der Waals surface area contributed by atoms with Gasteiger partial charge in [0.2, 0.25) is 11.1 Å². The molecule has 2 N–H and O–H groups in total. The number of carbonyl (C=O) groups excluding carboxylic acids is 1. The van der Waals surface area contributed by atoms with E-state index in [1.807, 2.05) is 41.3 Å². The highest BCUT2D eigenvalue weighted by atomic mass is 32.2. The SMILES string of the molecule is C[C@H]1Cc2ccccc2N1C(=O)CSc1nnc(Cc2cccc3ccccc23)n1N. The molecule has 7 heteroatoms. The third kappa shape index (κ3) is 3.65. The summed E-state index contributed by atoms with van der Waals surface area (Å²) in [5.41, 5.74) is 3.37. The van der Waals surface area contributed by atoms with Crippen molar-refractivity contribution in [1.82, 2.24) is 14.9 Å². The van der Waals surface area contributed by atoms with Crippen molar-refractivity contribution in [1.29, 1.82) is 0 Å². The lowest BCUT2D eigenvalue weighted by atomic mass is 10.0. The molecular weight excluding hydrogens is 406 g/mol. The largest absolute Gasteiger partial charge is 0.336 e. The van der Waals surface area contributed by atoms with Crippen LogP contribution < -0.4 is 10.7 Å². The molecule has 156 valence electrons. The maximum absolute atomic E-state index is 13.0. The van der Waals surface area contributed by atoms with Crippen molar-refractivity contribution < 1.29 is 4.79 Å². The van der Waals surface area contributed by atoms with Gasteiger partial charge in [0.05, 0.1) is 5.75 Å². The lowest BCUT2D eigenvalue weighted by molar-refractivity contribution is -0.116. The van der Waals surface area contributed by atoms with Crippen molar-refractivity contribution >= 4 is 34.1 Å². The lowest BCUT2D eigenvalue weighted by Gasteiger charge is -2.22. The van der Waals surface area contributed by atoms with Crippen LogP contribution in [-0.4, -0.2) is 32.6 Å². The molecule has 0 bridgehead atoms. The summed E-state index contributed by atoms with van der Waals surface area (Å²) >= 11 is 1.33.